The van der Waals surface area contributed by atoms with E-state index < -0.39 is 6.10 Å². The van der Waals surface area contributed by atoms with Gasteiger partial charge in [0, 0.05) is 17.6 Å². The first-order valence-corrected chi connectivity index (χ1v) is 9.23. The number of aromatic nitrogens is 1. The highest BCUT2D eigenvalue weighted by Gasteiger charge is 2.16. The summed E-state index contributed by atoms with van der Waals surface area (Å²) in [6.45, 7) is 4.28. The van der Waals surface area contributed by atoms with E-state index in [2.05, 4.69) is 11.1 Å². The van der Waals surface area contributed by atoms with E-state index in [1.807, 2.05) is 68.4 Å². The quantitative estimate of drug-likeness (QED) is 0.441. The van der Waals surface area contributed by atoms with Crippen molar-refractivity contribution in [3.63, 3.8) is 0 Å². The molecule has 0 bridgehead atoms. The van der Waals surface area contributed by atoms with E-state index in [-0.39, 0.29) is 0 Å². The molecule has 0 spiro atoms. The van der Waals surface area contributed by atoms with Gasteiger partial charge in [-0.2, -0.15) is 5.26 Å². The predicted molar refractivity (Wildman–Crippen MR) is 106 cm³/mol. The van der Waals surface area contributed by atoms with Crippen LogP contribution in [0.1, 0.15) is 35.8 Å². The highest BCUT2D eigenvalue weighted by molar-refractivity contribution is 5.79. The van der Waals surface area contributed by atoms with E-state index in [1.165, 1.54) is 0 Å². The minimum Gasteiger partial charge on any atom is -0.461 e. The summed E-state index contributed by atoms with van der Waals surface area (Å²) in [6, 6.07) is 19.7. The second-order valence-electron chi connectivity index (χ2n) is 6.54. The fourth-order valence-corrected chi connectivity index (χ4v) is 3.20. The molecule has 5 heteroatoms. The molecule has 28 heavy (non-hydrogen) atoms. The lowest BCUT2D eigenvalue weighted by Crippen LogP contribution is -2.00. The molecule has 0 radical (unpaired) electrons. The Morgan fingerprint density at radius 1 is 1.11 bits per heavy atom. The van der Waals surface area contributed by atoms with E-state index in [4.69, 9.17) is 13.6 Å². The maximum Gasteiger partial charge on any atom is 0.226 e. The summed E-state index contributed by atoms with van der Waals surface area (Å²) in [4.78, 5) is 4.64. The van der Waals surface area contributed by atoms with Crippen molar-refractivity contribution in [3.8, 4) is 17.5 Å². The first-order chi connectivity index (χ1) is 13.7. The van der Waals surface area contributed by atoms with E-state index in [0.717, 1.165) is 39.3 Å². The second kappa shape index (κ2) is 7.71. The third-order valence-electron chi connectivity index (χ3n) is 4.60. The van der Waals surface area contributed by atoms with Crippen molar-refractivity contribution in [3.05, 3.63) is 77.4 Å². The molecule has 140 valence electrons. The average Bonchev–Trinajstić information content (AvgIpc) is 3.29. The van der Waals surface area contributed by atoms with Crippen LogP contribution in [0.5, 0.6) is 0 Å². The summed E-state index contributed by atoms with van der Waals surface area (Å²) in [7, 11) is 0. The van der Waals surface area contributed by atoms with Gasteiger partial charge < -0.3 is 13.6 Å². The van der Waals surface area contributed by atoms with Gasteiger partial charge in [-0.25, -0.2) is 4.98 Å². The van der Waals surface area contributed by atoms with Gasteiger partial charge in [0.15, 0.2) is 6.10 Å². The van der Waals surface area contributed by atoms with Gasteiger partial charge in [-0.15, -0.1) is 0 Å². The Hall–Kier alpha value is -3.36. The predicted octanol–water partition coefficient (Wildman–Crippen LogP) is 5.59. The van der Waals surface area contributed by atoms with Gasteiger partial charge in [0.05, 0.1) is 18.2 Å². The summed E-state index contributed by atoms with van der Waals surface area (Å²) in [5.74, 6) is 2.19. The van der Waals surface area contributed by atoms with Gasteiger partial charge in [-0.3, -0.25) is 0 Å². The van der Waals surface area contributed by atoms with Crippen LogP contribution < -0.4 is 0 Å². The van der Waals surface area contributed by atoms with Gasteiger partial charge in [0.2, 0.25) is 5.89 Å². The second-order valence-corrected chi connectivity index (χ2v) is 6.54. The van der Waals surface area contributed by atoms with Crippen molar-refractivity contribution in [2.75, 3.05) is 6.61 Å². The topological polar surface area (TPSA) is 72.2 Å². The molecule has 1 unspecified atom stereocenters. The number of nitrogens with zero attached hydrogens (tertiary/aromatic N) is 2. The third-order valence-corrected chi connectivity index (χ3v) is 4.60. The maximum atomic E-state index is 9.29. The summed E-state index contributed by atoms with van der Waals surface area (Å²) < 4.78 is 17.3. The molecule has 1 atom stereocenters. The number of rotatable bonds is 6. The highest BCUT2D eigenvalue weighted by atomic mass is 16.5. The first-order valence-electron chi connectivity index (χ1n) is 9.23. The Morgan fingerprint density at radius 2 is 1.93 bits per heavy atom. The van der Waals surface area contributed by atoms with Crippen molar-refractivity contribution >= 4 is 11.0 Å². The lowest BCUT2D eigenvalue weighted by atomic mass is 10.1. The lowest BCUT2D eigenvalue weighted by molar-refractivity contribution is 0.102. The summed E-state index contributed by atoms with van der Waals surface area (Å²) in [6.07, 6.45) is -0.0294. The Labute approximate surface area is 163 Å². The average molecular weight is 372 g/mol. The van der Waals surface area contributed by atoms with Crippen molar-refractivity contribution in [2.24, 2.45) is 0 Å². The Kier molecular flexibility index (Phi) is 4.96. The molecule has 2 aromatic carbocycles. The van der Waals surface area contributed by atoms with Crippen LogP contribution in [0.2, 0.25) is 0 Å². The van der Waals surface area contributed by atoms with Crippen molar-refractivity contribution < 1.29 is 13.6 Å². The number of ether oxygens (including phenoxy) is 1. The molecule has 0 aliphatic rings. The van der Waals surface area contributed by atoms with Crippen LogP contribution in [0.15, 0.2) is 63.4 Å². The smallest absolute Gasteiger partial charge is 0.226 e. The number of aryl methyl sites for hydroxylation is 1. The molecule has 2 heterocycles. The van der Waals surface area contributed by atoms with Gasteiger partial charge in [-0.1, -0.05) is 24.3 Å². The Balaban J connectivity index is 1.60. The number of furan rings is 1. The van der Waals surface area contributed by atoms with Crippen molar-refractivity contribution in [1.82, 2.24) is 4.98 Å². The van der Waals surface area contributed by atoms with E-state index in [0.29, 0.717) is 18.9 Å². The monoisotopic (exact) mass is 372 g/mol. The molecule has 2 aromatic heterocycles. The molecule has 0 amide bonds. The third kappa shape index (κ3) is 3.55. The Bertz CT molecular complexity index is 1140. The molecule has 0 aliphatic carbocycles. The van der Waals surface area contributed by atoms with Crippen molar-refractivity contribution in [2.45, 2.75) is 26.4 Å². The van der Waals surface area contributed by atoms with Crippen LogP contribution in [-0.2, 0) is 11.2 Å². The van der Waals surface area contributed by atoms with Crippen molar-refractivity contribution in [1.29, 1.82) is 5.26 Å². The summed E-state index contributed by atoms with van der Waals surface area (Å²) in [5.41, 5.74) is 3.40. The maximum absolute atomic E-state index is 9.29. The molecule has 0 fully saturated rings. The fraction of sp³-hybridized carbons (Fsp3) is 0.217. The molecular formula is C23H20N2O3. The molecule has 4 rings (SSSR count). The molecule has 0 N–H and O–H groups in total. The zero-order valence-corrected chi connectivity index (χ0v) is 15.8. The molecule has 5 nitrogen and oxygen atoms in total. The normalized spacial score (nSPS) is 12.2. The Morgan fingerprint density at radius 3 is 2.68 bits per heavy atom. The number of fused-ring (bicyclic) bond motifs is 1. The van der Waals surface area contributed by atoms with Crippen LogP contribution >= 0.6 is 0 Å². The van der Waals surface area contributed by atoms with Crippen LogP contribution in [0, 0.1) is 18.3 Å². The standard InChI is InChI=1S/C23H20N2O3/c1-3-26-22(14-24)17-9-10-21-18(11-17)12-19(28-21)13-20-15(2)27-23(25-20)16-7-5-4-6-8-16/h4-12,22H,3,13H2,1-2H3. The number of benzene rings is 2. The minimum atomic E-state index is -0.570. The van der Waals surface area contributed by atoms with E-state index >= 15 is 0 Å². The zero-order valence-electron chi connectivity index (χ0n) is 15.8. The molecule has 0 aliphatic heterocycles. The van der Waals surface area contributed by atoms with Gasteiger partial charge in [0.25, 0.3) is 0 Å². The summed E-state index contributed by atoms with van der Waals surface area (Å²) in [5, 5.41) is 10.2. The molecule has 0 saturated heterocycles. The largest absolute Gasteiger partial charge is 0.461 e. The fourth-order valence-electron chi connectivity index (χ4n) is 3.20. The number of hydrogen-bond donors (Lipinski definition) is 0. The van der Waals surface area contributed by atoms with Gasteiger partial charge in [-0.05, 0) is 49.7 Å². The van der Waals surface area contributed by atoms with Gasteiger partial charge in [0.1, 0.15) is 17.1 Å². The van der Waals surface area contributed by atoms with E-state index in [1.54, 1.807) is 0 Å². The van der Waals surface area contributed by atoms with E-state index in [9.17, 15) is 5.26 Å². The number of oxazole rings is 1. The molecule has 4 aromatic rings. The van der Waals surface area contributed by atoms with Crippen LogP contribution in [-0.4, -0.2) is 11.6 Å². The zero-order chi connectivity index (χ0) is 19.5. The lowest BCUT2D eigenvalue weighted by Gasteiger charge is -2.08. The van der Waals surface area contributed by atoms with Crippen LogP contribution in [0.25, 0.3) is 22.4 Å². The first kappa shape index (κ1) is 18.0. The number of nitriles is 1. The SMILES string of the molecule is CCOC(C#N)c1ccc2oc(Cc3nc(-c4ccccc4)oc3C)cc2c1. The molecular weight excluding hydrogens is 352 g/mol. The summed E-state index contributed by atoms with van der Waals surface area (Å²) >= 11 is 0. The van der Waals surface area contributed by atoms with Gasteiger partial charge >= 0.3 is 0 Å². The number of hydrogen-bond acceptors (Lipinski definition) is 5. The minimum absolute atomic E-state index is 0.488. The van der Waals surface area contributed by atoms with Crippen LogP contribution in [0.3, 0.4) is 0 Å². The van der Waals surface area contributed by atoms with Crippen LogP contribution in [0.4, 0.5) is 0 Å². The highest BCUT2D eigenvalue weighted by Crippen LogP contribution is 2.28. The molecule has 0 saturated carbocycles.